The van der Waals surface area contributed by atoms with Gasteiger partial charge in [-0.2, -0.15) is 0 Å². The highest BCUT2D eigenvalue weighted by atomic mass is 32.2. The summed E-state index contributed by atoms with van der Waals surface area (Å²) >= 11 is 4.25. The number of ether oxygens (including phenoxy) is 1. The van der Waals surface area contributed by atoms with Crippen molar-refractivity contribution in [2.75, 3.05) is 11.9 Å². The molecule has 9 nitrogen and oxygen atoms in total. The van der Waals surface area contributed by atoms with Gasteiger partial charge >= 0.3 is 5.97 Å². The number of nitrogens with zero attached hydrogens (tertiary/aromatic N) is 3. The number of anilines is 1. The predicted molar refractivity (Wildman–Crippen MR) is 158 cm³/mol. The quantitative estimate of drug-likeness (QED) is 0.216. The Bertz CT molecular complexity index is 1340. The number of thioether (sulfide) groups is 1. The lowest BCUT2D eigenvalue weighted by atomic mass is 9.95. The number of carbonyl (C=O) groups excluding carboxylic acids is 3. The summed E-state index contributed by atoms with van der Waals surface area (Å²) in [7, 11) is 0. The van der Waals surface area contributed by atoms with Gasteiger partial charge in [0.15, 0.2) is 11.0 Å². The zero-order valence-electron chi connectivity index (χ0n) is 22.9. The van der Waals surface area contributed by atoms with E-state index in [0.29, 0.717) is 26.4 Å². The maximum Gasteiger partial charge on any atom is 0.341 e. The van der Waals surface area contributed by atoms with E-state index in [1.807, 2.05) is 18.4 Å². The first-order valence-electron chi connectivity index (χ1n) is 14.0. The highest BCUT2D eigenvalue weighted by Gasteiger charge is 2.30. The fraction of sp³-hybridized carbons (Fsp3) is 0.536. The van der Waals surface area contributed by atoms with Crippen LogP contribution >= 0.6 is 34.4 Å². The number of aryl methyl sites for hydroxylation is 1. The lowest BCUT2D eigenvalue weighted by molar-refractivity contribution is -0.115. The molecule has 12 heteroatoms. The molecule has 0 bridgehead atoms. The number of hydrogen-bond donors (Lipinski definition) is 2. The Kier molecular flexibility index (Phi) is 9.59. The number of esters is 1. The molecule has 3 heterocycles. The van der Waals surface area contributed by atoms with Crippen LogP contribution in [-0.2, 0) is 28.9 Å². The molecule has 3 aromatic rings. The normalized spacial score (nSPS) is 16.2. The molecule has 0 spiro atoms. The minimum Gasteiger partial charge on any atom is -0.462 e. The largest absolute Gasteiger partial charge is 0.462 e. The lowest BCUT2D eigenvalue weighted by Crippen LogP contribution is -2.26. The van der Waals surface area contributed by atoms with Crippen LogP contribution in [0, 0.1) is 0 Å². The van der Waals surface area contributed by atoms with Crippen molar-refractivity contribution >= 4 is 57.2 Å². The zero-order valence-corrected chi connectivity index (χ0v) is 25.3. The Morgan fingerprint density at radius 1 is 1.15 bits per heavy atom. The van der Waals surface area contributed by atoms with Gasteiger partial charge in [0.25, 0.3) is 5.91 Å². The minimum absolute atomic E-state index is 0.133. The third-order valence-electron chi connectivity index (χ3n) is 7.37. The number of carbonyl (C=O) groups is 3. The lowest BCUT2D eigenvalue weighted by Gasteiger charge is -2.26. The molecule has 3 aromatic heterocycles. The van der Waals surface area contributed by atoms with Crippen molar-refractivity contribution in [1.29, 1.82) is 0 Å². The molecule has 1 unspecified atom stereocenters. The second kappa shape index (κ2) is 13.3. The molecule has 0 aliphatic heterocycles. The van der Waals surface area contributed by atoms with E-state index in [2.05, 4.69) is 25.4 Å². The summed E-state index contributed by atoms with van der Waals surface area (Å²) in [5.41, 5.74) is 1.54. The summed E-state index contributed by atoms with van der Waals surface area (Å²) in [6.45, 7) is 4.19. The molecule has 40 heavy (non-hydrogen) atoms. The van der Waals surface area contributed by atoms with E-state index < -0.39 is 5.25 Å². The minimum atomic E-state index is -0.478. The average molecular weight is 602 g/mol. The van der Waals surface area contributed by atoms with Crippen molar-refractivity contribution in [3.05, 3.63) is 44.2 Å². The smallest absolute Gasteiger partial charge is 0.341 e. The predicted octanol–water partition coefficient (Wildman–Crippen LogP) is 6.01. The Morgan fingerprint density at radius 3 is 2.70 bits per heavy atom. The number of fused-ring (bicyclic) bond motifs is 1. The second-order valence-corrected chi connectivity index (χ2v) is 13.5. The van der Waals surface area contributed by atoms with Gasteiger partial charge in [-0.1, -0.05) is 37.1 Å². The van der Waals surface area contributed by atoms with Crippen molar-refractivity contribution in [3.8, 4) is 0 Å². The van der Waals surface area contributed by atoms with Gasteiger partial charge in [0.2, 0.25) is 5.91 Å². The van der Waals surface area contributed by atoms with Crippen LogP contribution in [0.5, 0.6) is 0 Å². The van der Waals surface area contributed by atoms with Crippen molar-refractivity contribution in [2.45, 2.75) is 94.6 Å². The van der Waals surface area contributed by atoms with E-state index >= 15 is 0 Å². The van der Waals surface area contributed by atoms with Crippen LogP contribution in [0.1, 0.15) is 101 Å². The zero-order chi connectivity index (χ0) is 28.1. The van der Waals surface area contributed by atoms with Crippen molar-refractivity contribution < 1.29 is 19.1 Å². The van der Waals surface area contributed by atoms with Crippen LogP contribution in [-0.4, -0.2) is 44.4 Å². The molecule has 5 rings (SSSR count). The summed E-state index contributed by atoms with van der Waals surface area (Å²) in [6.07, 6.45) is 9.36. The first kappa shape index (κ1) is 28.8. The topological polar surface area (TPSA) is 115 Å². The van der Waals surface area contributed by atoms with Crippen molar-refractivity contribution in [1.82, 2.24) is 20.1 Å². The molecule has 1 atom stereocenters. The molecule has 2 aliphatic carbocycles. The summed E-state index contributed by atoms with van der Waals surface area (Å²) in [5, 5.41) is 17.5. The summed E-state index contributed by atoms with van der Waals surface area (Å²) in [6, 6.07) is 3.88. The SMILES string of the molecule is CCOC(=O)c1c(NC(=O)C(C)Sc2nnc(CNC(=O)c3cccs3)n2C2CCCCC2)sc2c1CCCC2. The molecule has 1 fully saturated rings. The van der Waals surface area contributed by atoms with Gasteiger partial charge in [-0.25, -0.2) is 4.79 Å². The maximum absolute atomic E-state index is 13.4. The molecule has 0 radical (unpaired) electrons. The van der Waals surface area contributed by atoms with Gasteiger partial charge in [0.05, 0.1) is 28.8 Å². The van der Waals surface area contributed by atoms with Gasteiger partial charge in [0, 0.05) is 10.9 Å². The highest BCUT2D eigenvalue weighted by molar-refractivity contribution is 8.00. The third-order valence-corrected chi connectivity index (χ3v) is 10.5. The fourth-order valence-corrected chi connectivity index (χ4v) is 8.23. The van der Waals surface area contributed by atoms with Gasteiger partial charge in [0.1, 0.15) is 5.00 Å². The monoisotopic (exact) mass is 601 g/mol. The van der Waals surface area contributed by atoms with E-state index in [1.54, 1.807) is 13.0 Å². The molecule has 2 amide bonds. The number of hydrogen-bond acceptors (Lipinski definition) is 9. The molecule has 1 saturated carbocycles. The first-order valence-corrected chi connectivity index (χ1v) is 16.6. The Labute approximate surface area is 246 Å². The van der Waals surface area contributed by atoms with Crippen molar-refractivity contribution in [3.63, 3.8) is 0 Å². The number of rotatable bonds is 10. The maximum atomic E-state index is 13.4. The summed E-state index contributed by atoms with van der Waals surface area (Å²) in [5.74, 6) is -0.00249. The fourth-order valence-electron chi connectivity index (χ4n) is 5.37. The van der Waals surface area contributed by atoms with E-state index in [0.717, 1.165) is 61.8 Å². The second-order valence-electron chi connectivity index (χ2n) is 10.1. The highest BCUT2D eigenvalue weighted by Crippen LogP contribution is 2.39. The molecule has 2 N–H and O–H groups in total. The van der Waals surface area contributed by atoms with Crippen LogP contribution < -0.4 is 10.6 Å². The molecular formula is C28H35N5O4S3. The molecular weight excluding hydrogens is 567 g/mol. The van der Waals surface area contributed by atoms with Crippen LogP contribution in [0.15, 0.2) is 22.7 Å². The van der Waals surface area contributed by atoms with Gasteiger partial charge in [-0.05, 0) is 69.4 Å². The Balaban J connectivity index is 1.32. The third kappa shape index (κ3) is 6.44. The molecule has 2 aliphatic rings. The van der Waals surface area contributed by atoms with Gasteiger partial charge < -0.3 is 19.9 Å². The van der Waals surface area contributed by atoms with E-state index in [9.17, 15) is 14.4 Å². The number of thiophene rings is 2. The first-order chi connectivity index (χ1) is 19.5. The number of nitrogens with one attached hydrogen (secondary N) is 2. The van der Waals surface area contributed by atoms with E-state index in [-0.39, 0.29) is 37.0 Å². The number of amides is 2. The van der Waals surface area contributed by atoms with Crippen LogP contribution in [0.25, 0.3) is 0 Å². The molecule has 214 valence electrons. The number of aromatic nitrogens is 3. The van der Waals surface area contributed by atoms with Crippen LogP contribution in [0.4, 0.5) is 5.00 Å². The Morgan fingerprint density at radius 2 is 1.95 bits per heavy atom. The van der Waals surface area contributed by atoms with Gasteiger partial charge in [-0.15, -0.1) is 32.9 Å². The van der Waals surface area contributed by atoms with E-state index in [1.165, 1.54) is 40.9 Å². The van der Waals surface area contributed by atoms with Crippen LogP contribution in [0.3, 0.4) is 0 Å². The molecule has 0 aromatic carbocycles. The van der Waals surface area contributed by atoms with E-state index in [4.69, 9.17) is 4.74 Å². The standard InChI is InChI=1S/C28H35N5O4S3/c1-3-37-27(36)23-19-12-7-8-13-20(19)40-26(23)30-24(34)17(2)39-28-32-31-22(33(28)18-10-5-4-6-11-18)16-29-25(35)21-14-9-15-38-21/h9,14-15,17-18H,3-8,10-13,16H2,1-2H3,(H,29,35)(H,30,34). The van der Waals surface area contributed by atoms with Gasteiger partial charge in [-0.3, -0.25) is 9.59 Å². The molecule has 0 saturated heterocycles. The summed E-state index contributed by atoms with van der Waals surface area (Å²) in [4.78, 5) is 40.6. The average Bonchev–Trinajstić information content (AvgIpc) is 3.71. The van der Waals surface area contributed by atoms with Crippen LogP contribution in [0.2, 0.25) is 0 Å². The van der Waals surface area contributed by atoms with Crippen molar-refractivity contribution in [2.24, 2.45) is 0 Å². The summed E-state index contributed by atoms with van der Waals surface area (Å²) < 4.78 is 7.46. The Hall–Kier alpha value is -2.70.